The lowest BCUT2D eigenvalue weighted by Gasteiger charge is -2.25. The fourth-order valence-electron chi connectivity index (χ4n) is 2.00. The van der Waals surface area contributed by atoms with Crippen molar-refractivity contribution in [3.05, 3.63) is 12.0 Å². The number of aliphatic hydroxyl groups is 1. The second kappa shape index (κ2) is 5.02. The van der Waals surface area contributed by atoms with Gasteiger partial charge in [0.05, 0.1) is 12.3 Å². The smallest absolute Gasteiger partial charge is 0.256 e. The van der Waals surface area contributed by atoms with Gasteiger partial charge in [0.2, 0.25) is 0 Å². The Morgan fingerprint density at radius 2 is 2.06 bits per heavy atom. The monoisotopic (exact) mass is 255 g/mol. The molecule has 1 aromatic rings. The molecule has 0 spiro atoms. The van der Waals surface area contributed by atoms with E-state index in [1.807, 2.05) is 0 Å². The number of oxazole rings is 1. The molecule has 1 aliphatic rings. The van der Waals surface area contributed by atoms with Gasteiger partial charge in [-0.15, -0.1) is 0 Å². The lowest BCUT2D eigenvalue weighted by molar-refractivity contribution is 0.136. The lowest BCUT2D eigenvalue weighted by atomic mass is 9.94. The van der Waals surface area contributed by atoms with Crippen LogP contribution < -0.4 is 0 Å². The molecule has 1 aromatic heterocycles. The Morgan fingerprint density at radius 3 is 2.65 bits per heavy atom. The van der Waals surface area contributed by atoms with Crippen molar-refractivity contribution in [1.82, 2.24) is 4.98 Å². The molecule has 3 nitrogen and oxygen atoms in total. The first-order valence-electron chi connectivity index (χ1n) is 6.28. The Bertz CT molecular complexity index is 370. The van der Waals surface area contributed by atoms with Crippen LogP contribution in [0.15, 0.2) is 15.8 Å². The minimum absolute atomic E-state index is 0.00299. The number of aliphatic hydroxyl groups excluding tert-OH is 1. The van der Waals surface area contributed by atoms with E-state index in [1.54, 1.807) is 18.0 Å². The van der Waals surface area contributed by atoms with Gasteiger partial charge in [-0.25, -0.2) is 4.98 Å². The summed E-state index contributed by atoms with van der Waals surface area (Å²) in [4.78, 5) is 4.30. The first-order chi connectivity index (χ1) is 7.97. The molecule has 0 saturated heterocycles. The number of rotatable bonds is 2. The first-order valence-corrected chi connectivity index (χ1v) is 7.16. The second-order valence-corrected chi connectivity index (χ2v) is 6.94. The Hall–Kier alpha value is -0.480. The largest absolute Gasteiger partial charge is 0.436 e. The SMILES string of the molecule is CC(C)(C)c1cnc(SC2CCCCC2O)o1. The van der Waals surface area contributed by atoms with E-state index in [0.29, 0.717) is 5.22 Å². The minimum atomic E-state index is -0.210. The van der Waals surface area contributed by atoms with Gasteiger partial charge in [0.1, 0.15) is 5.76 Å². The Labute approximate surface area is 107 Å². The summed E-state index contributed by atoms with van der Waals surface area (Å²) < 4.78 is 5.74. The molecular weight excluding hydrogens is 234 g/mol. The molecule has 0 bridgehead atoms. The van der Waals surface area contributed by atoms with Crippen LogP contribution in [-0.4, -0.2) is 21.4 Å². The van der Waals surface area contributed by atoms with Crippen LogP contribution in [-0.2, 0) is 5.41 Å². The highest BCUT2D eigenvalue weighted by atomic mass is 32.2. The molecule has 1 heterocycles. The molecule has 4 heteroatoms. The van der Waals surface area contributed by atoms with Crippen molar-refractivity contribution in [3.8, 4) is 0 Å². The molecule has 2 unspecified atom stereocenters. The van der Waals surface area contributed by atoms with E-state index >= 15 is 0 Å². The molecule has 1 N–H and O–H groups in total. The number of aromatic nitrogens is 1. The summed E-state index contributed by atoms with van der Waals surface area (Å²) in [7, 11) is 0. The van der Waals surface area contributed by atoms with Crippen molar-refractivity contribution in [2.75, 3.05) is 0 Å². The standard InChI is InChI=1S/C13H21NO2S/c1-13(2,3)11-8-14-12(16-11)17-10-7-5-4-6-9(10)15/h8-10,15H,4-7H2,1-3H3. The van der Waals surface area contributed by atoms with Gasteiger partial charge in [-0.3, -0.25) is 0 Å². The molecule has 0 radical (unpaired) electrons. The van der Waals surface area contributed by atoms with E-state index in [0.717, 1.165) is 25.0 Å². The highest BCUT2D eigenvalue weighted by molar-refractivity contribution is 7.99. The van der Waals surface area contributed by atoms with Gasteiger partial charge in [-0.1, -0.05) is 45.4 Å². The van der Waals surface area contributed by atoms with Crippen LogP contribution in [0.25, 0.3) is 0 Å². The summed E-state index contributed by atoms with van der Waals surface area (Å²) in [5.74, 6) is 0.908. The summed E-state index contributed by atoms with van der Waals surface area (Å²) >= 11 is 1.58. The summed E-state index contributed by atoms with van der Waals surface area (Å²) in [6.07, 6.45) is 5.89. The predicted octanol–water partition coefficient (Wildman–Crippen LogP) is 3.37. The van der Waals surface area contributed by atoms with Crippen molar-refractivity contribution in [3.63, 3.8) is 0 Å². The lowest BCUT2D eigenvalue weighted by Crippen LogP contribution is -2.26. The Balaban J connectivity index is 2.01. The predicted molar refractivity (Wildman–Crippen MR) is 69.3 cm³/mol. The Morgan fingerprint density at radius 1 is 1.35 bits per heavy atom. The van der Waals surface area contributed by atoms with Crippen LogP contribution in [0.3, 0.4) is 0 Å². The molecule has 1 aliphatic carbocycles. The Kier molecular flexibility index (Phi) is 3.83. The van der Waals surface area contributed by atoms with Gasteiger partial charge >= 0.3 is 0 Å². The third-order valence-corrected chi connectivity index (χ3v) is 4.39. The van der Waals surface area contributed by atoms with Gasteiger partial charge < -0.3 is 9.52 Å². The molecule has 2 atom stereocenters. The molecule has 1 saturated carbocycles. The zero-order valence-corrected chi connectivity index (χ0v) is 11.6. The van der Waals surface area contributed by atoms with Crippen molar-refractivity contribution < 1.29 is 9.52 Å². The summed E-state index contributed by atoms with van der Waals surface area (Å²) in [5, 5.41) is 10.8. The van der Waals surface area contributed by atoms with Gasteiger partial charge in [0.25, 0.3) is 5.22 Å². The molecule has 2 rings (SSSR count). The van der Waals surface area contributed by atoms with Crippen LogP contribution in [0.5, 0.6) is 0 Å². The van der Waals surface area contributed by atoms with Crippen molar-refractivity contribution in [1.29, 1.82) is 0 Å². The van der Waals surface area contributed by atoms with Crippen LogP contribution in [0, 0.1) is 0 Å². The van der Waals surface area contributed by atoms with Gasteiger partial charge in [-0.2, -0.15) is 0 Å². The van der Waals surface area contributed by atoms with Crippen molar-refractivity contribution >= 4 is 11.8 Å². The number of thioether (sulfide) groups is 1. The molecule has 0 amide bonds. The maximum Gasteiger partial charge on any atom is 0.256 e. The van der Waals surface area contributed by atoms with E-state index < -0.39 is 0 Å². The normalized spacial score (nSPS) is 26.1. The average molecular weight is 255 g/mol. The summed E-state index contributed by atoms with van der Waals surface area (Å²) in [6, 6.07) is 0. The van der Waals surface area contributed by atoms with E-state index in [1.165, 1.54) is 6.42 Å². The zero-order valence-electron chi connectivity index (χ0n) is 10.8. The van der Waals surface area contributed by atoms with Crippen molar-refractivity contribution in [2.45, 2.75) is 68.4 Å². The highest BCUT2D eigenvalue weighted by Crippen LogP contribution is 2.35. The fourth-order valence-corrected chi connectivity index (χ4v) is 3.09. The second-order valence-electron chi connectivity index (χ2n) is 5.75. The van der Waals surface area contributed by atoms with Crippen molar-refractivity contribution in [2.24, 2.45) is 0 Å². The number of hydrogen-bond donors (Lipinski definition) is 1. The summed E-state index contributed by atoms with van der Waals surface area (Å²) in [6.45, 7) is 6.33. The van der Waals surface area contributed by atoms with E-state index in [9.17, 15) is 5.11 Å². The topological polar surface area (TPSA) is 46.3 Å². The van der Waals surface area contributed by atoms with Crippen LogP contribution in [0.4, 0.5) is 0 Å². The third-order valence-electron chi connectivity index (χ3n) is 3.14. The maximum atomic E-state index is 9.91. The minimum Gasteiger partial charge on any atom is -0.436 e. The van der Waals surface area contributed by atoms with Gasteiger partial charge in [0.15, 0.2) is 0 Å². The molecule has 0 aliphatic heterocycles. The van der Waals surface area contributed by atoms with Crippen LogP contribution >= 0.6 is 11.8 Å². The fraction of sp³-hybridized carbons (Fsp3) is 0.769. The van der Waals surface area contributed by atoms with Crippen LogP contribution in [0.2, 0.25) is 0 Å². The van der Waals surface area contributed by atoms with E-state index in [4.69, 9.17) is 4.42 Å². The first kappa shape index (κ1) is 13.0. The maximum absolute atomic E-state index is 9.91. The van der Waals surface area contributed by atoms with Crippen LogP contribution in [0.1, 0.15) is 52.2 Å². The highest BCUT2D eigenvalue weighted by Gasteiger charge is 2.27. The van der Waals surface area contributed by atoms with E-state index in [-0.39, 0.29) is 16.8 Å². The number of hydrogen-bond acceptors (Lipinski definition) is 4. The van der Waals surface area contributed by atoms with Gasteiger partial charge in [0, 0.05) is 10.7 Å². The molecule has 17 heavy (non-hydrogen) atoms. The average Bonchev–Trinajstić information content (AvgIpc) is 2.69. The van der Waals surface area contributed by atoms with E-state index in [2.05, 4.69) is 25.8 Å². The summed E-state index contributed by atoms with van der Waals surface area (Å²) in [5.41, 5.74) is -0.00299. The number of nitrogens with zero attached hydrogens (tertiary/aromatic N) is 1. The molecular formula is C13H21NO2S. The molecule has 0 aromatic carbocycles. The zero-order chi connectivity index (χ0) is 12.5. The van der Waals surface area contributed by atoms with Gasteiger partial charge in [-0.05, 0) is 12.8 Å². The molecule has 96 valence electrons. The quantitative estimate of drug-likeness (QED) is 0.880. The molecule has 1 fully saturated rings. The third kappa shape index (κ3) is 3.26.